The Labute approximate surface area is 201 Å². The van der Waals surface area contributed by atoms with Crippen molar-refractivity contribution in [3.05, 3.63) is 85.2 Å². The molecule has 2 N–H and O–H groups in total. The molecule has 6 rings (SSSR count). The molecule has 1 aliphatic rings. The Hall–Kier alpha value is -4.59. The largest absolute Gasteiger partial charge is 0.383 e. The van der Waals surface area contributed by atoms with Crippen LogP contribution >= 0.6 is 0 Å². The number of fused-ring (bicyclic) bond motifs is 2. The predicted molar refractivity (Wildman–Crippen MR) is 136 cm³/mol. The number of nitrogens with two attached hydrogens (primary N) is 1. The van der Waals surface area contributed by atoms with Crippen LogP contribution in [0, 0.1) is 0 Å². The number of para-hydroxylation sites is 1. The molecule has 0 aliphatic carbocycles. The van der Waals surface area contributed by atoms with Crippen molar-refractivity contribution in [3.63, 3.8) is 0 Å². The molecule has 8 nitrogen and oxygen atoms in total. The van der Waals surface area contributed by atoms with Crippen molar-refractivity contribution in [2.75, 3.05) is 18.8 Å². The molecular formula is C27H23N7O. The summed E-state index contributed by atoms with van der Waals surface area (Å²) in [6.07, 6.45) is 11.3. The number of pyridine rings is 2. The molecule has 8 heteroatoms. The van der Waals surface area contributed by atoms with Crippen molar-refractivity contribution in [1.29, 1.82) is 0 Å². The molecule has 35 heavy (non-hydrogen) atoms. The molecule has 0 bridgehead atoms. The Bertz CT molecular complexity index is 1580. The van der Waals surface area contributed by atoms with Crippen molar-refractivity contribution in [3.8, 4) is 11.1 Å². The van der Waals surface area contributed by atoms with E-state index in [1.54, 1.807) is 18.3 Å². The summed E-state index contributed by atoms with van der Waals surface area (Å²) in [5.41, 5.74) is 10.7. The van der Waals surface area contributed by atoms with E-state index in [1.165, 1.54) is 6.33 Å². The molecule has 0 unspecified atom stereocenters. The first kappa shape index (κ1) is 21.0. The van der Waals surface area contributed by atoms with Crippen molar-refractivity contribution >= 4 is 39.7 Å². The molecule has 5 aromatic rings. The van der Waals surface area contributed by atoms with E-state index in [1.807, 2.05) is 53.6 Å². The number of aromatic nitrogens is 5. The standard InChI is InChI=1S/C27H23N7O/c28-26-25-22(19-13-18-5-1-2-7-23(18)30-14-19)16-34(27(25)32-17-31-26)21-10-12-33(15-21)24(35)9-8-20-6-3-4-11-29-20/h1-9,11,13-14,16-17,21H,10,12,15H2,(H2,28,31,32)/t21-/m1/s1. The molecule has 5 heterocycles. The monoisotopic (exact) mass is 461 g/mol. The van der Waals surface area contributed by atoms with Gasteiger partial charge in [0, 0.05) is 54.3 Å². The normalized spacial score (nSPS) is 16.0. The zero-order valence-electron chi connectivity index (χ0n) is 19.0. The van der Waals surface area contributed by atoms with Gasteiger partial charge in [-0.2, -0.15) is 0 Å². The summed E-state index contributed by atoms with van der Waals surface area (Å²) in [6, 6.07) is 15.8. The van der Waals surface area contributed by atoms with Gasteiger partial charge >= 0.3 is 0 Å². The Morgan fingerprint density at radius 1 is 1.06 bits per heavy atom. The highest BCUT2D eigenvalue weighted by Crippen LogP contribution is 2.36. The van der Waals surface area contributed by atoms with Gasteiger partial charge in [-0.05, 0) is 36.8 Å². The van der Waals surface area contributed by atoms with Gasteiger partial charge in [0.25, 0.3) is 0 Å². The number of hydrogen-bond donors (Lipinski definition) is 1. The minimum Gasteiger partial charge on any atom is -0.383 e. The maximum atomic E-state index is 12.8. The van der Waals surface area contributed by atoms with Crippen LogP contribution in [-0.4, -0.2) is 48.4 Å². The van der Waals surface area contributed by atoms with Gasteiger partial charge in [-0.15, -0.1) is 0 Å². The fraction of sp³-hybridized carbons (Fsp3) is 0.148. The lowest BCUT2D eigenvalue weighted by atomic mass is 10.1. The predicted octanol–water partition coefficient (Wildman–Crippen LogP) is 4.11. The second kappa shape index (κ2) is 8.64. The Balaban J connectivity index is 1.32. The Morgan fingerprint density at radius 3 is 2.83 bits per heavy atom. The first-order chi connectivity index (χ1) is 17.2. The highest BCUT2D eigenvalue weighted by molar-refractivity contribution is 6.02. The Morgan fingerprint density at radius 2 is 1.94 bits per heavy atom. The summed E-state index contributed by atoms with van der Waals surface area (Å²) >= 11 is 0. The number of rotatable bonds is 4. The van der Waals surface area contributed by atoms with Crippen LogP contribution in [0.25, 0.3) is 39.1 Å². The van der Waals surface area contributed by atoms with Crippen LogP contribution in [0.2, 0.25) is 0 Å². The summed E-state index contributed by atoms with van der Waals surface area (Å²) in [5, 5.41) is 1.86. The fourth-order valence-corrected chi connectivity index (χ4v) is 4.73. The molecule has 1 fully saturated rings. The molecule has 1 saturated heterocycles. The average Bonchev–Trinajstić information content (AvgIpc) is 3.54. The van der Waals surface area contributed by atoms with E-state index < -0.39 is 0 Å². The van der Waals surface area contributed by atoms with Gasteiger partial charge in [-0.3, -0.25) is 14.8 Å². The van der Waals surface area contributed by atoms with Crippen LogP contribution in [-0.2, 0) is 4.79 Å². The zero-order chi connectivity index (χ0) is 23.8. The second-order valence-electron chi connectivity index (χ2n) is 8.64. The summed E-state index contributed by atoms with van der Waals surface area (Å²) in [5.74, 6) is 0.406. The molecule has 4 aromatic heterocycles. The van der Waals surface area contributed by atoms with Crippen molar-refractivity contribution in [1.82, 2.24) is 29.4 Å². The lowest BCUT2D eigenvalue weighted by Gasteiger charge is -2.16. The molecule has 0 saturated carbocycles. The molecule has 172 valence electrons. The van der Waals surface area contributed by atoms with E-state index in [0.717, 1.165) is 45.2 Å². The topological polar surface area (TPSA) is 103 Å². The quantitative estimate of drug-likeness (QED) is 0.404. The smallest absolute Gasteiger partial charge is 0.246 e. The SMILES string of the molecule is Nc1ncnc2c1c(-c1cnc3ccccc3c1)cn2[C@@H]1CCN(C(=O)C=Cc2ccccn2)C1. The van der Waals surface area contributed by atoms with Crippen LogP contribution in [0.1, 0.15) is 18.2 Å². The maximum absolute atomic E-state index is 12.8. The fourth-order valence-electron chi connectivity index (χ4n) is 4.73. The van der Waals surface area contributed by atoms with Gasteiger partial charge < -0.3 is 15.2 Å². The summed E-state index contributed by atoms with van der Waals surface area (Å²) in [4.78, 5) is 32.3. The minimum absolute atomic E-state index is 0.0253. The van der Waals surface area contributed by atoms with E-state index in [2.05, 4.69) is 36.8 Å². The average molecular weight is 462 g/mol. The first-order valence-electron chi connectivity index (χ1n) is 11.5. The molecule has 1 aliphatic heterocycles. The number of nitrogens with zero attached hydrogens (tertiary/aromatic N) is 6. The number of carbonyl (C=O) groups is 1. The number of amides is 1. The second-order valence-corrected chi connectivity index (χ2v) is 8.64. The van der Waals surface area contributed by atoms with Crippen LogP contribution in [0.3, 0.4) is 0 Å². The number of carbonyl (C=O) groups excluding carboxylic acids is 1. The number of anilines is 1. The van der Waals surface area contributed by atoms with Gasteiger partial charge in [0.05, 0.1) is 22.6 Å². The highest BCUT2D eigenvalue weighted by Gasteiger charge is 2.29. The number of hydrogen-bond acceptors (Lipinski definition) is 6. The highest BCUT2D eigenvalue weighted by atomic mass is 16.2. The molecule has 1 atom stereocenters. The molecule has 1 aromatic carbocycles. The maximum Gasteiger partial charge on any atom is 0.246 e. The third-order valence-electron chi connectivity index (χ3n) is 6.49. The lowest BCUT2D eigenvalue weighted by molar-refractivity contribution is -0.125. The summed E-state index contributed by atoms with van der Waals surface area (Å²) < 4.78 is 2.13. The van der Waals surface area contributed by atoms with Gasteiger partial charge in [-0.1, -0.05) is 24.3 Å². The summed E-state index contributed by atoms with van der Waals surface area (Å²) in [7, 11) is 0. The van der Waals surface area contributed by atoms with Gasteiger partial charge in [-0.25, -0.2) is 9.97 Å². The minimum atomic E-state index is -0.0253. The Kier molecular flexibility index (Phi) is 5.18. The van der Waals surface area contributed by atoms with Crippen LogP contribution in [0.5, 0.6) is 0 Å². The number of likely N-dealkylation sites (tertiary alicyclic amines) is 1. The van der Waals surface area contributed by atoms with Crippen molar-refractivity contribution in [2.45, 2.75) is 12.5 Å². The molecule has 1 amide bonds. The van der Waals surface area contributed by atoms with Crippen molar-refractivity contribution < 1.29 is 4.79 Å². The molecule has 0 spiro atoms. The van der Waals surface area contributed by atoms with Crippen LogP contribution in [0.15, 0.2) is 79.5 Å². The van der Waals surface area contributed by atoms with Gasteiger partial charge in [0.15, 0.2) is 0 Å². The zero-order valence-corrected chi connectivity index (χ0v) is 19.0. The van der Waals surface area contributed by atoms with Crippen molar-refractivity contribution in [2.24, 2.45) is 0 Å². The van der Waals surface area contributed by atoms with E-state index in [-0.39, 0.29) is 11.9 Å². The molecule has 0 radical (unpaired) electrons. The number of nitrogen functional groups attached to an aromatic ring is 1. The third-order valence-corrected chi connectivity index (χ3v) is 6.49. The number of benzene rings is 1. The van der Waals surface area contributed by atoms with Gasteiger partial charge in [0.2, 0.25) is 5.91 Å². The third kappa shape index (κ3) is 3.89. The van der Waals surface area contributed by atoms with Crippen LogP contribution < -0.4 is 5.73 Å². The molecular weight excluding hydrogens is 438 g/mol. The van der Waals surface area contributed by atoms with Crippen LogP contribution in [0.4, 0.5) is 5.82 Å². The van der Waals surface area contributed by atoms with E-state index in [9.17, 15) is 4.79 Å². The summed E-state index contributed by atoms with van der Waals surface area (Å²) in [6.45, 7) is 1.26. The lowest BCUT2D eigenvalue weighted by Crippen LogP contribution is -2.27. The first-order valence-corrected chi connectivity index (χ1v) is 11.5. The van der Waals surface area contributed by atoms with E-state index in [4.69, 9.17) is 5.73 Å². The van der Waals surface area contributed by atoms with E-state index in [0.29, 0.717) is 18.9 Å². The van der Waals surface area contributed by atoms with Gasteiger partial charge in [0.1, 0.15) is 17.8 Å². The van der Waals surface area contributed by atoms with E-state index >= 15 is 0 Å².